The molecule has 0 aliphatic carbocycles. The fraction of sp³-hybridized carbons (Fsp3) is 0.500. The van der Waals surface area contributed by atoms with E-state index >= 15 is 0 Å². The van der Waals surface area contributed by atoms with E-state index in [1.54, 1.807) is 24.4 Å². The molecule has 1 saturated heterocycles. The first-order chi connectivity index (χ1) is 11.2. The van der Waals surface area contributed by atoms with Gasteiger partial charge >= 0.3 is 0 Å². The van der Waals surface area contributed by atoms with Gasteiger partial charge in [-0.15, -0.1) is 0 Å². The van der Waals surface area contributed by atoms with Crippen molar-refractivity contribution in [3.8, 4) is 0 Å². The fourth-order valence-electron chi connectivity index (χ4n) is 2.69. The first-order valence-electron chi connectivity index (χ1n) is 7.78. The third-order valence-electron chi connectivity index (χ3n) is 3.93. The van der Waals surface area contributed by atoms with Gasteiger partial charge in [0.25, 0.3) is 0 Å². The van der Waals surface area contributed by atoms with E-state index in [-0.39, 0.29) is 12.0 Å². The molecule has 0 unspecified atom stereocenters. The molecule has 0 N–H and O–H groups in total. The van der Waals surface area contributed by atoms with Crippen molar-refractivity contribution in [1.29, 1.82) is 0 Å². The Morgan fingerprint density at radius 3 is 3.13 bits per heavy atom. The van der Waals surface area contributed by atoms with Gasteiger partial charge in [0.2, 0.25) is 5.91 Å². The minimum absolute atomic E-state index is 0.0619. The van der Waals surface area contributed by atoms with Gasteiger partial charge in [0, 0.05) is 32.5 Å². The van der Waals surface area contributed by atoms with Crippen LogP contribution in [-0.4, -0.2) is 64.9 Å². The minimum atomic E-state index is 0.0619. The first-order valence-corrected chi connectivity index (χ1v) is 7.78. The molecule has 0 spiro atoms. The third kappa shape index (κ3) is 4.43. The van der Waals surface area contributed by atoms with Gasteiger partial charge < -0.3 is 14.1 Å². The minimum Gasteiger partial charge on any atom is -0.467 e. The van der Waals surface area contributed by atoms with Crippen LogP contribution in [0, 0.1) is 0 Å². The molecule has 0 bridgehead atoms. The quantitative estimate of drug-likeness (QED) is 0.789. The van der Waals surface area contributed by atoms with E-state index in [9.17, 15) is 4.79 Å². The number of likely N-dealkylation sites (N-methyl/N-ethyl adjacent to an activating group) is 1. The van der Waals surface area contributed by atoms with Crippen LogP contribution in [0.4, 0.5) is 0 Å². The van der Waals surface area contributed by atoms with Crippen LogP contribution in [0.25, 0.3) is 0 Å². The molecule has 124 valence electrons. The average Bonchev–Trinajstić information content (AvgIpc) is 3.21. The summed E-state index contributed by atoms with van der Waals surface area (Å²) in [5, 5.41) is 4.20. The Hall–Kier alpha value is -2.12. The van der Waals surface area contributed by atoms with Gasteiger partial charge in [-0.25, -0.2) is 0 Å². The Morgan fingerprint density at radius 1 is 1.48 bits per heavy atom. The number of rotatable bonds is 6. The summed E-state index contributed by atoms with van der Waals surface area (Å²) in [6.45, 7) is 3.75. The summed E-state index contributed by atoms with van der Waals surface area (Å²) in [5.74, 6) is 0.875. The number of carbonyl (C=O) groups excluding carboxylic acids is 1. The number of hydrogen-bond acceptors (Lipinski definition) is 5. The van der Waals surface area contributed by atoms with Crippen LogP contribution >= 0.6 is 0 Å². The van der Waals surface area contributed by atoms with Gasteiger partial charge in [0.1, 0.15) is 5.76 Å². The van der Waals surface area contributed by atoms with Gasteiger partial charge in [0.15, 0.2) is 0 Å². The predicted molar refractivity (Wildman–Crippen MR) is 83.6 cm³/mol. The monoisotopic (exact) mass is 318 g/mol. The highest BCUT2D eigenvalue weighted by Crippen LogP contribution is 2.09. The number of amides is 1. The molecule has 1 amide bonds. The highest BCUT2D eigenvalue weighted by molar-refractivity contribution is 5.77. The lowest BCUT2D eigenvalue weighted by molar-refractivity contribution is -0.134. The summed E-state index contributed by atoms with van der Waals surface area (Å²) in [7, 11) is 1.80. The molecule has 7 nitrogen and oxygen atoms in total. The topological polar surface area (TPSA) is 63.7 Å². The SMILES string of the molecule is CN(Cc1ccco1)C(=O)CN1CCO[C@@H](Cn2cccn2)C1. The summed E-state index contributed by atoms with van der Waals surface area (Å²) in [6.07, 6.45) is 5.36. The second-order valence-electron chi connectivity index (χ2n) is 5.79. The zero-order valence-electron chi connectivity index (χ0n) is 13.3. The summed E-state index contributed by atoms with van der Waals surface area (Å²) >= 11 is 0. The molecular formula is C16H22N4O3. The summed E-state index contributed by atoms with van der Waals surface area (Å²) in [5.41, 5.74) is 0. The maximum absolute atomic E-state index is 12.3. The van der Waals surface area contributed by atoms with Crippen molar-refractivity contribution < 1.29 is 13.9 Å². The van der Waals surface area contributed by atoms with Crippen molar-refractivity contribution in [3.63, 3.8) is 0 Å². The number of carbonyl (C=O) groups is 1. The summed E-state index contributed by atoms with van der Waals surface area (Å²) in [4.78, 5) is 16.2. The Bertz CT molecular complexity index is 597. The van der Waals surface area contributed by atoms with Gasteiger partial charge in [-0.05, 0) is 18.2 Å². The van der Waals surface area contributed by atoms with Crippen LogP contribution in [-0.2, 0) is 22.6 Å². The molecular weight excluding hydrogens is 296 g/mol. The molecule has 0 radical (unpaired) electrons. The Labute approximate surface area is 135 Å². The molecule has 2 aromatic heterocycles. The highest BCUT2D eigenvalue weighted by atomic mass is 16.5. The van der Waals surface area contributed by atoms with Crippen molar-refractivity contribution in [3.05, 3.63) is 42.6 Å². The normalized spacial score (nSPS) is 18.9. The molecule has 7 heteroatoms. The molecule has 0 aromatic carbocycles. The maximum Gasteiger partial charge on any atom is 0.236 e. The molecule has 2 aromatic rings. The van der Waals surface area contributed by atoms with E-state index < -0.39 is 0 Å². The van der Waals surface area contributed by atoms with E-state index in [1.165, 1.54) is 0 Å². The molecule has 0 saturated carbocycles. The van der Waals surface area contributed by atoms with Crippen LogP contribution in [0.5, 0.6) is 0 Å². The van der Waals surface area contributed by atoms with Crippen LogP contribution < -0.4 is 0 Å². The van der Waals surface area contributed by atoms with E-state index in [0.29, 0.717) is 26.2 Å². The number of hydrogen-bond donors (Lipinski definition) is 0. The summed E-state index contributed by atoms with van der Waals surface area (Å²) < 4.78 is 12.9. The Kier molecular flexibility index (Phi) is 5.09. The fourth-order valence-corrected chi connectivity index (χ4v) is 2.69. The van der Waals surface area contributed by atoms with E-state index in [1.807, 2.05) is 29.1 Å². The lowest BCUT2D eigenvalue weighted by atomic mass is 10.2. The Balaban J connectivity index is 1.47. The van der Waals surface area contributed by atoms with Gasteiger partial charge in [-0.2, -0.15) is 5.10 Å². The maximum atomic E-state index is 12.3. The van der Waals surface area contributed by atoms with E-state index in [0.717, 1.165) is 18.8 Å². The Morgan fingerprint density at radius 2 is 2.39 bits per heavy atom. The van der Waals surface area contributed by atoms with Crippen LogP contribution in [0.15, 0.2) is 41.3 Å². The molecule has 1 aliphatic rings. The lowest BCUT2D eigenvalue weighted by Crippen LogP contribution is -2.48. The van der Waals surface area contributed by atoms with E-state index in [2.05, 4.69) is 10.00 Å². The van der Waals surface area contributed by atoms with Gasteiger partial charge in [0.05, 0.1) is 38.6 Å². The zero-order valence-corrected chi connectivity index (χ0v) is 13.3. The smallest absolute Gasteiger partial charge is 0.236 e. The van der Waals surface area contributed by atoms with E-state index in [4.69, 9.17) is 9.15 Å². The molecule has 1 atom stereocenters. The van der Waals surface area contributed by atoms with Crippen molar-refractivity contribution in [1.82, 2.24) is 19.6 Å². The molecule has 1 aliphatic heterocycles. The number of nitrogens with zero attached hydrogens (tertiary/aromatic N) is 4. The van der Waals surface area contributed by atoms with Crippen molar-refractivity contribution in [2.45, 2.75) is 19.2 Å². The van der Waals surface area contributed by atoms with Crippen molar-refractivity contribution in [2.75, 3.05) is 33.3 Å². The lowest BCUT2D eigenvalue weighted by Gasteiger charge is -2.33. The largest absolute Gasteiger partial charge is 0.467 e. The molecule has 3 rings (SSSR count). The van der Waals surface area contributed by atoms with Crippen LogP contribution in [0.1, 0.15) is 5.76 Å². The summed E-state index contributed by atoms with van der Waals surface area (Å²) in [6, 6.07) is 5.60. The first kappa shape index (κ1) is 15.8. The predicted octanol–water partition coefficient (Wildman–Crippen LogP) is 0.835. The number of ether oxygens (including phenoxy) is 1. The zero-order chi connectivity index (χ0) is 16.1. The van der Waals surface area contributed by atoms with Crippen molar-refractivity contribution in [2.24, 2.45) is 0 Å². The van der Waals surface area contributed by atoms with Crippen LogP contribution in [0.3, 0.4) is 0 Å². The molecule has 1 fully saturated rings. The van der Waals surface area contributed by atoms with Crippen LogP contribution in [0.2, 0.25) is 0 Å². The van der Waals surface area contributed by atoms with Crippen molar-refractivity contribution >= 4 is 5.91 Å². The van der Waals surface area contributed by atoms with Gasteiger partial charge in [-0.1, -0.05) is 0 Å². The second-order valence-corrected chi connectivity index (χ2v) is 5.79. The molecule has 3 heterocycles. The second kappa shape index (κ2) is 7.43. The third-order valence-corrected chi connectivity index (χ3v) is 3.93. The number of aromatic nitrogens is 2. The standard InChI is InChI=1S/C16H22N4O3/c1-18(10-14-4-2-8-22-14)16(21)13-19-7-9-23-15(11-19)12-20-6-3-5-17-20/h2-6,8,15H,7,9-13H2,1H3/t15-/m1/s1. The van der Waals surface area contributed by atoms with Gasteiger partial charge in [-0.3, -0.25) is 14.4 Å². The highest BCUT2D eigenvalue weighted by Gasteiger charge is 2.24. The number of morpholine rings is 1. The average molecular weight is 318 g/mol. The number of furan rings is 1. The molecule has 23 heavy (non-hydrogen) atoms.